The van der Waals surface area contributed by atoms with E-state index < -0.39 is 0 Å². The monoisotopic (exact) mass is 264 g/mol. The molecule has 1 amide bonds. The van der Waals surface area contributed by atoms with E-state index in [4.69, 9.17) is 4.74 Å². The second-order valence-corrected chi connectivity index (χ2v) is 5.58. The number of nitrogens with one attached hydrogen (secondary N) is 1. The van der Waals surface area contributed by atoms with Crippen molar-refractivity contribution in [3.63, 3.8) is 0 Å². The molecule has 1 aliphatic rings. The quantitative estimate of drug-likeness (QED) is 0.870. The fraction of sp³-hybridized carbons (Fsp3) is 0.571. The molecule has 0 spiro atoms. The number of carbonyl (C=O) groups excluding carboxylic acids is 1. The van der Waals surface area contributed by atoms with Crippen LogP contribution >= 0.6 is 0 Å². The van der Waals surface area contributed by atoms with Crippen molar-refractivity contribution in [2.24, 2.45) is 11.3 Å². The molecule has 0 aromatic carbocycles. The third kappa shape index (κ3) is 2.71. The van der Waals surface area contributed by atoms with Gasteiger partial charge in [-0.1, -0.05) is 13.8 Å². The summed E-state index contributed by atoms with van der Waals surface area (Å²) < 4.78 is 5.08. The fourth-order valence-electron chi connectivity index (χ4n) is 2.41. The molecule has 19 heavy (non-hydrogen) atoms. The van der Waals surface area contributed by atoms with E-state index in [1.807, 2.05) is 13.8 Å². The number of ether oxygens (including phenoxy) is 1. The average Bonchev–Trinajstić information content (AvgIpc) is 2.39. The first-order chi connectivity index (χ1) is 8.95. The summed E-state index contributed by atoms with van der Waals surface area (Å²) in [7, 11) is 1.52. The third-order valence-corrected chi connectivity index (χ3v) is 4.09. The zero-order valence-electron chi connectivity index (χ0n) is 11.5. The Hall–Kier alpha value is -1.62. The predicted molar refractivity (Wildman–Crippen MR) is 71.9 cm³/mol. The molecule has 2 unspecified atom stereocenters. The van der Waals surface area contributed by atoms with E-state index in [9.17, 15) is 9.90 Å². The summed E-state index contributed by atoms with van der Waals surface area (Å²) in [6.45, 7) is 3.98. The van der Waals surface area contributed by atoms with Gasteiger partial charge in [-0.15, -0.1) is 0 Å². The van der Waals surface area contributed by atoms with E-state index in [0.29, 0.717) is 24.4 Å². The number of aromatic nitrogens is 1. The van der Waals surface area contributed by atoms with Crippen LogP contribution in [0.2, 0.25) is 0 Å². The largest absolute Gasteiger partial charge is 0.480 e. The van der Waals surface area contributed by atoms with Crippen LogP contribution in [-0.4, -0.2) is 29.2 Å². The molecule has 1 fully saturated rings. The van der Waals surface area contributed by atoms with Crippen LogP contribution in [0.1, 0.15) is 26.7 Å². The van der Waals surface area contributed by atoms with E-state index >= 15 is 0 Å². The summed E-state index contributed by atoms with van der Waals surface area (Å²) in [6, 6.07) is 3.50. The van der Waals surface area contributed by atoms with Gasteiger partial charge in [-0.05, 0) is 29.9 Å². The maximum atomic E-state index is 12.0. The van der Waals surface area contributed by atoms with E-state index in [1.165, 1.54) is 7.11 Å². The fourth-order valence-corrected chi connectivity index (χ4v) is 2.41. The summed E-state index contributed by atoms with van der Waals surface area (Å²) in [5.74, 6) is 0.546. The standard InChI is InChI=1S/C14H20N2O3/c1-14(2)9(7-11(14)17)8-12(18)16-10-5-4-6-15-13(10)19-3/h4-6,9,11,17H,7-8H2,1-3H3,(H,16,18). The zero-order chi connectivity index (χ0) is 14.0. The van der Waals surface area contributed by atoms with Crippen LogP contribution in [0, 0.1) is 11.3 Å². The lowest BCUT2D eigenvalue weighted by molar-refractivity contribution is -0.129. The molecule has 2 rings (SSSR count). The second-order valence-electron chi connectivity index (χ2n) is 5.58. The lowest BCUT2D eigenvalue weighted by Gasteiger charge is -2.49. The number of aliphatic hydroxyl groups excluding tert-OH is 1. The maximum absolute atomic E-state index is 12.0. The van der Waals surface area contributed by atoms with Crippen molar-refractivity contribution in [3.05, 3.63) is 18.3 Å². The molecule has 0 aliphatic heterocycles. The zero-order valence-corrected chi connectivity index (χ0v) is 11.5. The van der Waals surface area contributed by atoms with Gasteiger partial charge < -0.3 is 15.2 Å². The molecular formula is C14H20N2O3. The van der Waals surface area contributed by atoms with Crippen LogP contribution in [0.3, 0.4) is 0 Å². The predicted octanol–water partition coefficient (Wildman–Crippen LogP) is 1.83. The highest BCUT2D eigenvalue weighted by molar-refractivity contribution is 5.92. The van der Waals surface area contributed by atoms with Gasteiger partial charge in [0.15, 0.2) is 0 Å². The lowest BCUT2D eigenvalue weighted by Crippen LogP contribution is -2.50. The van der Waals surface area contributed by atoms with Crippen molar-refractivity contribution >= 4 is 11.6 Å². The molecule has 1 aliphatic carbocycles. The van der Waals surface area contributed by atoms with Crippen LogP contribution in [0.25, 0.3) is 0 Å². The van der Waals surface area contributed by atoms with Crippen molar-refractivity contribution in [2.45, 2.75) is 32.8 Å². The molecule has 104 valence electrons. The Morgan fingerprint density at radius 3 is 2.95 bits per heavy atom. The molecule has 0 bridgehead atoms. The van der Waals surface area contributed by atoms with Crippen molar-refractivity contribution < 1.29 is 14.6 Å². The van der Waals surface area contributed by atoms with E-state index in [-0.39, 0.29) is 23.3 Å². The van der Waals surface area contributed by atoms with Gasteiger partial charge in [0.2, 0.25) is 11.8 Å². The minimum absolute atomic E-state index is 0.0729. The molecule has 1 saturated carbocycles. The van der Waals surface area contributed by atoms with Gasteiger partial charge in [0, 0.05) is 12.6 Å². The summed E-state index contributed by atoms with van der Waals surface area (Å²) in [5.41, 5.74) is 0.392. The van der Waals surface area contributed by atoms with E-state index in [1.54, 1.807) is 18.3 Å². The van der Waals surface area contributed by atoms with Crippen LogP contribution in [-0.2, 0) is 4.79 Å². The number of amides is 1. The Kier molecular flexibility index (Phi) is 3.75. The Morgan fingerprint density at radius 2 is 2.37 bits per heavy atom. The van der Waals surface area contributed by atoms with E-state index in [0.717, 1.165) is 0 Å². The average molecular weight is 264 g/mol. The van der Waals surface area contributed by atoms with Gasteiger partial charge in [-0.25, -0.2) is 4.98 Å². The molecule has 5 heteroatoms. The number of anilines is 1. The summed E-state index contributed by atoms with van der Waals surface area (Å²) >= 11 is 0. The second kappa shape index (κ2) is 5.17. The van der Waals surface area contributed by atoms with Crippen LogP contribution in [0.5, 0.6) is 5.88 Å². The topological polar surface area (TPSA) is 71.5 Å². The molecule has 1 aromatic rings. The number of pyridine rings is 1. The van der Waals surface area contributed by atoms with Crippen molar-refractivity contribution in [2.75, 3.05) is 12.4 Å². The number of methoxy groups -OCH3 is 1. The number of carbonyl (C=O) groups is 1. The summed E-state index contributed by atoms with van der Waals surface area (Å²) in [6.07, 6.45) is 2.39. The molecule has 2 atom stereocenters. The maximum Gasteiger partial charge on any atom is 0.237 e. The number of nitrogens with zero attached hydrogens (tertiary/aromatic N) is 1. The van der Waals surface area contributed by atoms with E-state index in [2.05, 4.69) is 10.3 Å². The van der Waals surface area contributed by atoms with Gasteiger partial charge >= 0.3 is 0 Å². The third-order valence-electron chi connectivity index (χ3n) is 4.09. The van der Waals surface area contributed by atoms with Crippen LogP contribution in [0.4, 0.5) is 5.69 Å². The number of aliphatic hydroxyl groups is 1. The lowest BCUT2D eigenvalue weighted by atomic mass is 9.59. The normalized spacial score (nSPS) is 24.4. The Balaban J connectivity index is 1.95. The highest BCUT2D eigenvalue weighted by atomic mass is 16.5. The minimum atomic E-state index is -0.307. The molecule has 1 aromatic heterocycles. The van der Waals surface area contributed by atoms with Gasteiger partial charge in [0.1, 0.15) is 5.69 Å². The smallest absolute Gasteiger partial charge is 0.237 e. The highest BCUT2D eigenvalue weighted by Crippen LogP contribution is 2.48. The number of hydrogen-bond acceptors (Lipinski definition) is 4. The first-order valence-corrected chi connectivity index (χ1v) is 6.42. The number of rotatable bonds is 4. The SMILES string of the molecule is COc1ncccc1NC(=O)CC1CC(O)C1(C)C. The van der Waals surface area contributed by atoms with Gasteiger partial charge in [0.25, 0.3) is 0 Å². The Morgan fingerprint density at radius 1 is 1.63 bits per heavy atom. The first kappa shape index (κ1) is 13.8. The molecule has 5 nitrogen and oxygen atoms in total. The van der Waals surface area contributed by atoms with Crippen LogP contribution in [0.15, 0.2) is 18.3 Å². The van der Waals surface area contributed by atoms with Gasteiger partial charge in [-0.3, -0.25) is 4.79 Å². The number of hydrogen-bond donors (Lipinski definition) is 2. The Labute approximate surface area is 113 Å². The van der Waals surface area contributed by atoms with Crippen molar-refractivity contribution in [1.82, 2.24) is 4.98 Å². The summed E-state index contributed by atoms with van der Waals surface area (Å²) in [5, 5.41) is 12.5. The first-order valence-electron chi connectivity index (χ1n) is 6.42. The van der Waals surface area contributed by atoms with Crippen molar-refractivity contribution in [3.8, 4) is 5.88 Å². The Bertz CT molecular complexity index is 474. The molecular weight excluding hydrogens is 244 g/mol. The molecule has 0 saturated heterocycles. The van der Waals surface area contributed by atoms with Gasteiger partial charge in [-0.2, -0.15) is 0 Å². The highest BCUT2D eigenvalue weighted by Gasteiger charge is 2.47. The van der Waals surface area contributed by atoms with Crippen molar-refractivity contribution in [1.29, 1.82) is 0 Å². The minimum Gasteiger partial charge on any atom is -0.480 e. The molecule has 0 radical (unpaired) electrons. The molecule has 2 N–H and O–H groups in total. The summed E-state index contributed by atoms with van der Waals surface area (Å²) in [4.78, 5) is 16.0. The van der Waals surface area contributed by atoms with Crippen LogP contribution < -0.4 is 10.1 Å². The molecule has 1 heterocycles. The van der Waals surface area contributed by atoms with Gasteiger partial charge in [0.05, 0.1) is 13.2 Å².